The Labute approximate surface area is 296 Å². The van der Waals surface area contributed by atoms with E-state index in [1.165, 1.54) is 60.1 Å². The van der Waals surface area contributed by atoms with Crippen molar-refractivity contribution in [3.8, 4) is 16.8 Å². The lowest BCUT2D eigenvalue weighted by Gasteiger charge is -2.39. The molecule has 0 saturated carbocycles. The van der Waals surface area contributed by atoms with Crippen LogP contribution >= 0.6 is 0 Å². The van der Waals surface area contributed by atoms with Gasteiger partial charge in [0.05, 0.1) is 40.9 Å². The molecule has 2 aromatic heterocycles. The van der Waals surface area contributed by atoms with Gasteiger partial charge in [-0.25, -0.2) is 0 Å². The van der Waals surface area contributed by atoms with Gasteiger partial charge in [-0.3, -0.25) is 20.9 Å². The highest BCUT2D eigenvalue weighted by Crippen LogP contribution is 2.39. The molecule has 5 nitrogen and oxygen atoms in total. The molecule has 0 radical (unpaired) electrons. The van der Waals surface area contributed by atoms with Crippen molar-refractivity contribution in [2.24, 2.45) is 0 Å². The Balaban J connectivity index is 1.07. The SMILES string of the molecule is c1ccc(-c2ccc3c4c5ccccc5ccc4n(-c4ccc(C5NC(c6ccccc6)NC(c6ccc7ccccc7c6)N5)nc4)c3c2)cc1. The first-order chi connectivity index (χ1) is 25.3. The number of rotatable bonds is 5. The van der Waals surface area contributed by atoms with E-state index in [0.717, 1.165) is 16.9 Å². The second-order valence-electron chi connectivity index (χ2n) is 13.4. The maximum atomic E-state index is 5.15. The second kappa shape index (κ2) is 12.3. The molecule has 3 atom stereocenters. The third-order valence-electron chi connectivity index (χ3n) is 10.3. The first-order valence-electron chi connectivity index (χ1n) is 17.6. The van der Waals surface area contributed by atoms with Crippen LogP contribution in [-0.4, -0.2) is 9.55 Å². The molecule has 0 spiro atoms. The number of fused-ring (bicyclic) bond motifs is 6. The minimum atomic E-state index is -0.186. The van der Waals surface area contributed by atoms with Crippen molar-refractivity contribution in [2.45, 2.75) is 18.5 Å². The van der Waals surface area contributed by atoms with Gasteiger partial charge in [-0.05, 0) is 74.1 Å². The molecular formula is C46H35N5. The van der Waals surface area contributed by atoms with E-state index in [2.05, 4.69) is 190 Å². The van der Waals surface area contributed by atoms with Crippen molar-refractivity contribution in [1.82, 2.24) is 25.5 Å². The topological polar surface area (TPSA) is 53.9 Å². The molecule has 3 heterocycles. The Morgan fingerprint density at radius 1 is 0.431 bits per heavy atom. The van der Waals surface area contributed by atoms with E-state index in [1.807, 2.05) is 6.20 Å². The van der Waals surface area contributed by atoms with E-state index >= 15 is 0 Å². The third-order valence-corrected chi connectivity index (χ3v) is 10.3. The number of nitrogens with one attached hydrogen (secondary N) is 3. The van der Waals surface area contributed by atoms with Gasteiger partial charge in [0.25, 0.3) is 0 Å². The lowest BCUT2D eigenvalue weighted by Crippen LogP contribution is -2.54. The predicted molar refractivity (Wildman–Crippen MR) is 210 cm³/mol. The fourth-order valence-corrected chi connectivity index (χ4v) is 7.81. The first kappa shape index (κ1) is 29.8. The van der Waals surface area contributed by atoms with Gasteiger partial charge >= 0.3 is 0 Å². The van der Waals surface area contributed by atoms with Crippen LogP contribution in [0.15, 0.2) is 176 Å². The Morgan fingerprint density at radius 3 is 1.92 bits per heavy atom. The Kier molecular flexibility index (Phi) is 7.20. The fraction of sp³-hybridized carbons (Fsp3) is 0.0652. The van der Waals surface area contributed by atoms with Crippen LogP contribution in [0.3, 0.4) is 0 Å². The molecule has 3 N–H and O–H groups in total. The Hall–Kier alpha value is -6.11. The first-order valence-corrected chi connectivity index (χ1v) is 17.6. The number of benzene rings is 7. The highest BCUT2D eigenvalue weighted by Gasteiger charge is 2.30. The zero-order valence-corrected chi connectivity index (χ0v) is 27.9. The predicted octanol–water partition coefficient (Wildman–Crippen LogP) is 10.3. The van der Waals surface area contributed by atoms with Crippen LogP contribution in [0.1, 0.15) is 35.3 Å². The van der Waals surface area contributed by atoms with Gasteiger partial charge in [-0.1, -0.05) is 140 Å². The van der Waals surface area contributed by atoms with E-state index in [4.69, 9.17) is 4.98 Å². The maximum Gasteiger partial charge on any atom is 0.104 e. The maximum absolute atomic E-state index is 5.15. The van der Waals surface area contributed by atoms with Gasteiger partial charge in [0.1, 0.15) is 6.17 Å². The Bertz CT molecular complexity index is 2680. The number of hydrogen-bond acceptors (Lipinski definition) is 4. The molecule has 7 aromatic carbocycles. The minimum Gasteiger partial charge on any atom is -0.308 e. The zero-order valence-electron chi connectivity index (χ0n) is 27.9. The van der Waals surface area contributed by atoms with Gasteiger partial charge in [-0.2, -0.15) is 0 Å². The molecule has 3 unspecified atom stereocenters. The van der Waals surface area contributed by atoms with Gasteiger partial charge in [-0.15, -0.1) is 0 Å². The normalized spacial score (nSPS) is 17.8. The van der Waals surface area contributed by atoms with Crippen molar-refractivity contribution in [2.75, 3.05) is 0 Å². The molecule has 1 saturated heterocycles. The molecule has 9 aromatic rings. The molecule has 10 rings (SSSR count). The van der Waals surface area contributed by atoms with Crippen LogP contribution in [0.4, 0.5) is 0 Å². The van der Waals surface area contributed by atoms with E-state index in [0.29, 0.717) is 0 Å². The molecule has 5 heteroatoms. The van der Waals surface area contributed by atoms with E-state index in [1.54, 1.807) is 0 Å². The van der Waals surface area contributed by atoms with Crippen LogP contribution in [0.5, 0.6) is 0 Å². The summed E-state index contributed by atoms with van der Waals surface area (Å²) in [6.07, 6.45) is 1.67. The van der Waals surface area contributed by atoms with Crippen LogP contribution in [0.2, 0.25) is 0 Å². The molecule has 0 amide bonds. The van der Waals surface area contributed by atoms with Gasteiger partial charge in [0.2, 0.25) is 0 Å². The molecule has 244 valence electrons. The van der Waals surface area contributed by atoms with Crippen molar-refractivity contribution in [3.63, 3.8) is 0 Å². The van der Waals surface area contributed by atoms with E-state index in [-0.39, 0.29) is 18.5 Å². The second-order valence-corrected chi connectivity index (χ2v) is 13.4. The van der Waals surface area contributed by atoms with Crippen molar-refractivity contribution in [1.29, 1.82) is 0 Å². The molecule has 0 bridgehead atoms. The lowest BCUT2D eigenvalue weighted by atomic mass is 10.0. The average Bonchev–Trinajstić information content (AvgIpc) is 3.55. The standard InChI is InChI=1S/C46H35N5/c1-3-11-30(12-4-1)35-21-24-39-42(28-35)51(41-26-22-32-14-9-10-18-38(32)43(39)41)37-23-25-40(47-29-37)46-49-44(33-15-5-2-6-16-33)48-45(50-46)36-20-19-31-13-7-8-17-34(31)27-36/h1-29,44-46,48-50H. The summed E-state index contributed by atoms with van der Waals surface area (Å²) in [5.74, 6) is 0. The molecule has 1 aliphatic heterocycles. The summed E-state index contributed by atoms with van der Waals surface area (Å²) in [7, 11) is 0. The van der Waals surface area contributed by atoms with Crippen molar-refractivity contribution in [3.05, 3.63) is 193 Å². The molecule has 1 aliphatic rings. The zero-order chi connectivity index (χ0) is 33.7. The summed E-state index contributed by atoms with van der Waals surface area (Å²) in [4.78, 5) is 5.15. The molecule has 51 heavy (non-hydrogen) atoms. The summed E-state index contributed by atoms with van der Waals surface area (Å²) in [6, 6.07) is 60.7. The van der Waals surface area contributed by atoms with Crippen LogP contribution < -0.4 is 16.0 Å². The summed E-state index contributed by atoms with van der Waals surface area (Å²) in [6.45, 7) is 0. The minimum absolute atomic E-state index is 0.0718. The van der Waals surface area contributed by atoms with Crippen molar-refractivity contribution >= 4 is 43.4 Å². The largest absolute Gasteiger partial charge is 0.308 e. The van der Waals surface area contributed by atoms with Crippen LogP contribution in [0.25, 0.3) is 60.2 Å². The lowest BCUT2D eigenvalue weighted by molar-refractivity contribution is 0.200. The molecule has 1 fully saturated rings. The van der Waals surface area contributed by atoms with Crippen LogP contribution in [-0.2, 0) is 0 Å². The quantitative estimate of drug-likeness (QED) is 0.172. The fourth-order valence-electron chi connectivity index (χ4n) is 7.81. The number of nitrogens with zero attached hydrogens (tertiary/aromatic N) is 2. The summed E-state index contributed by atoms with van der Waals surface area (Å²) in [5.41, 5.74) is 9.05. The van der Waals surface area contributed by atoms with Gasteiger partial charge in [0.15, 0.2) is 0 Å². The number of hydrogen-bond donors (Lipinski definition) is 3. The van der Waals surface area contributed by atoms with E-state index < -0.39 is 0 Å². The summed E-state index contributed by atoms with van der Waals surface area (Å²) >= 11 is 0. The number of aromatic nitrogens is 2. The highest BCUT2D eigenvalue weighted by molar-refractivity contribution is 6.21. The molecule has 0 aliphatic carbocycles. The summed E-state index contributed by atoms with van der Waals surface area (Å²) < 4.78 is 2.37. The highest BCUT2D eigenvalue weighted by atomic mass is 15.4. The van der Waals surface area contributed by atoms with Gasteiger partial charge < -0.3 is 4.57 Å². The van der Waals surface area contributed by atoms with Gasteiger partial charge in [0, 0.05) is 10.8 Å². The monoisotopic (exact) mass is 657 g/mol. The summed E-state index contributed by atoms with van der Waals surface area (Å²) in [5, 5.41) is 18.9. The van der Waals surface area contributed by atoms with Crippen LogP contribution in [0, 0.1) is 0 Å². The molecular weight excluding hydrogens is 623 g/mol. The Morgan fingerprint density at radius 2 is 1.12 bits per heavy atom. The average molecular weight is 658 g/mol. The van der Waals surface area contributed by atoms with E-state index in [9.17, 15) is 0 Å². The smallest absolute Gasteiger partial charge is 0.104 e. The third kappa shape index (κ3) is 5.27. The van der Waals surface area contributed by atoms with Crippen molar-refractivity contribution < 1.29 is 0 Å². The number of pyridine rings is 1.